The molecule has 0 spiro atoms. The van der Waals surface area contributed by atoms with E-state index in [0.29, 0.717) is 16.5 Å². The van der Waals surface area contributed by atoms with E-state index in [2.05, 4.69) is 5.32 Å². The number of ether oxygens (including phenoxy) is 1. The summed E-state index contributed by atoms with van der Waals surface area (Å²) in [4.78, 5) is 11.8. The van der Waals surface area contributed by atoms with Gasteiger partial charge in [0.2, 0.25) is 0 Å². The molecule has 0 saturated heterocycles. The Balaban J connectivity index is 1.92. The average molecular weight is 290 g/mol. The summed E-state index contributed by atoms with van der Waals surface area (Å²) in [5.41, 5.74) is 2.73. The van der Waals surface area contributed by atoms with Gasteiger partial charge in [0, 0.05) is 0 Å². The first-order chi connectivity index (χ1) is 9.54. The molecular weight excluding hydrogens is 274 g/mol. The van der Waals surface area contributed by atoms with Crippen LogP contribution in [-0.4, -0.2) is 12.5 Å². The monoisotopic (exact) mass is 289 g/mol. The fourth-order valence-electron chi connectivity index (χ4n) is 1.76. The van der Waals surface area contributed by atoms with Crippen molar-refractivity contribution in [3.63, 3.8) is 0 Å². The standard InChI is InChI=1S/C16H16ClNO2/c1-11-4-3-5-13(8-11)20-10-16(19)18-15-7-6-12(2)9-14(15)17/h3-9H,10H2,1-2H3,(H,18,19). The van der Waals surface area contributed by atoms with Crippen molar-refractivity contribution in [2.75, 3.05) is 11.9 Å². The minimum atomic E-state index is -0.239. The van der Waals surface area contributed by atoms with Crippen LogP contribution in [0.5, 0.6) is 5.75 Å². The van der Waals surface area contributed by atoms with E-state index in [0.717, 1.165) is 11.1 Å². The highest BCUT2D eigenvalue weighted by atomic mass is 35.5. The topological polar surface area (TPSA) is 38.3 Å². The maximum atomic E-state index is 11.8. The minimum absolute atomic E-state index is 0.0480. The van der Waals surface area contributed by atoms with Gasteiger partial charge in [-0.05, 0) is 49.2 Å². The third kappa shape index (κ3) is 4.00. The second-order valence-electron chi connectivity index (χ2n) is 4.64. The summed E-state index contributed by atoms with van der Waals surface area (Å²) in [6, 6.07) is 13.0. The highest BCUT2D eigenvalue weighted by molar-refractivity contribution is 6.33. The molecule has 1 amide bonds. The molecule has 0 aliphatic carbocycles. The molecule has 0 atom stereocenters. The van der Waals surface area contributed by atoms with Gasteiger partial charge in [-0.1, -0.05) is 29.8 Å². The van der Waals surface area contributed by atoms with Crippen molar-refractivity contribution in [3.05, 3.63) is 58.6 Å². The molecule has 0 fully saturated rings. The first-order valence-corrected chi connectivity index (χ1v) is 6.68. The van der Waals surface area contributed by atoms with E-state index in [-0.39, 0.29) is 12.5 Å². The molecular formula is C16H16ClNO2. The molecule has 20 heavy (non-hydrogen) atoms. The number of hydrogen-bond acceptors (Lipinski definition) is 2. The number of anilines is 1. The zero-order chi connectivity index (χ0) is 14.5. The van der Waals surface area contributed by atoms with Crippen molar-refractivity contribution in [3.8, 4) is 5.75 Å². The van der Waals surface area contributed by atoms with E-state index in [1.54, 1.807) is 12.1 Å². The number of aryl methyl sites for hydroxylation is 2. The molecule has 0 bridgehead atoms. The van der Waals surface area contributed by atoms with Gasteiger partial charge in [-0.25, -0.2) is 0 Å². The fraction of sp³-hybridized carbons (Fsp3) is 0.188. The lowest BCUT2D eigenvalue weighted by Gasteiger charge is -2.09. The second kappa shape index (κ2) is 6.44. The summed E-state index contributed by atoms with van der Waals surface area (Å²) in [6.07, 6.45) is 0. The normalized spacial score (nSPS) is 10.2. The van der Waals surface area contributed by atoms with Crippen LogP contribution >= 0.6 is 11.6 Å². The summed E-state index contributed by atoms with van der Waals surface area (Å²) in [6.45, 7) is 3.87. The van der Waals surface area contributed by atoms with Gasteiger partial charge in [0.05, 0.1) is 10.7 Å². The Hall–Kier alpha value is -2.00. The quantitative estimate of drug-likeness (QED) is 0.925. The van der Waals surface area contributed by atoms with Gasteiger partial charge in [-0.3, -0.25) is 4.79 Å². The number of amides is 1. The van der Waals surface area contributed by atoms with Gasteiger partial charge in [0.25, 0.3) is 5.91 Å². The Morgan fingerprint density at radius 1 is 1.15 bits per heavy atom. The van der Waals surface area contributed by atoms with Crippen molar-refractivity contribution in [2.24, 2.45) is 0 Å². The van der Waals surface area contributed by atoms with Crippen molar-refractivity contribution >= 4 is 23.2 Å². The number of carbonyl (C=O) groups excluding carboxylic acids is 1. The average Bonchev–Trinajstić information content (AvgIpc) is 2.40. The van der Waals surface area contributed by atoms with Gasteiger partial charge < -0.3 is 10.1 Å². The van der Waals surface area contributed by atoms with Crippen molar-refractivity contribution in [1.29, 1.82) is 0 Å². The Bertz CT molecular complexity index is 626. The highest BCUT2D eigenvalue weighted by Crippen LogP contribution is 2.22. The maximum Gasteiger partial charge on any atom is 0.262 e. The molecule has 2 aromatic rings. The van der Waals surface area contributed by atoms with E-state index in [4.69, 9.17) is 16.3 Å². The number of halogens is 1. The first kappa shape index (κ1) is 14.4. The Morgan fingerprint density at radius 2 is 1.90 bits per heavy atom. The summed E-state index contributed by atoms with van der Waals surface area (Å²) < 4.78 is 5.43. The lowest BCUT2D eigenvalue weighted by Crippen LogP contribution is -2.20. The number of carbonyl (C=O) groups is 1. The van der Waals surface area contributed by atoms with Gasteiger partial charge in [0.1, 0.15) is 5.75 Å². The molecule has 0 aliphatic rings. The predicted molar refractivity (Wildman–Crippen MR) is 81.5 cm³/mol. The molecule has 2 rings (SSSR count). The number of nitrogens with one attached hydrogen (secondary N) is 1. The van der Waals surface area contributed by atoms with E-state index >= 15 is 0 Å². The van der Waals surface area contributed by atoms with Crippen molar-refractivity contribution in [1.82, 2.24) is 0 Å². The van der Waals surface area contributed by atoms with Gasteiger partial charge in [0.15, 0.2) is 6.61 Å². The van der Waals surface area contributed by atoms with Crippen LogP contribution < -0.4 is 10.1 Å². The smallest absolute Gasteiger partial charge is 0.262 e. The summed E-state index contributed by atoms with van der Waals surface area (Å²) in [5, 5.41) is 3.25. The second-order valence-corrected chi connectivity index (χ2v) is 5.04. The van der Waals surface area contributed by atoms with Crippen LogP contribution in [-0.2, 0) is 4.79 Å². The molecule has 0 aliphatic heterocycles. The van der Waals surface area contributed by atoms with E-state index < -0.39 is 0 Å². The van der Waals surface area contributed by atoms with Crippen molar-refractivity contribution < 1.29 is 9.53 Å². The Kier molecular flexibility index (Phi) is 4.64. The van der Waals surface area contributed by atoms with Crippen LogP contribution in [0, 0.1) is 13.8 Å². The van der Waals surface area contributed by atoms with E-state index in [1.165, 1.54) is 0 Å². The Morgan fingerprint density at radius 3 is 2.60 bits per heavy atom. The van der Waals surface area contributed by atoms with Crippen LogP contribution in [0.3, 0.4) is 0 Å². The van der Waals surface area contributed by atoms with Gasteiger partial charge >= 0.3 is 0 Å². The SMILES string of the molecule is Cc1cccc(OCC(=O)Nc2ccc(C)cc2Cl)c1. The number of hydrogen-bond donors (Lipinski definition) is 1. The maximum absolute atomic E-state index is 11.8. The van der Waals surface area contributed by atoms with Crippen LogP contribution in [0.4, 0.5) is 5.69 Å². The summed E-state index contributed by atoms with van der Waals surface area (Å²) >= 11 is 6.06. The van der Waals surface area contributed by atoms with Crippen molar-refractivity contribution in [2.45, 2.75) is 13.8 Å². The number of benzene rings is 2. The summed E-state index contributed by atoms with van der Waals surface area (Å²) in [5.74, 6) is 0.437. The van der Waals surface area contributed by atoms with Crippen LogP contribution in [0.15, 0.2) is 42.5 Å². The zero-order valence-corrected chi connectivity index (χ0v) is 12.2. The molecule has 2 aromatic carbocycles. The van der Waals surface area contributed by atoms with Gasteiger partial charge in [-0.15, -0.1) is 0 Å². The molecule has 0 heterocycles. The molecule has 0 radical (unpaired) electrons. The molecule has 104 valence electrons. The minimum Gasteiger partial charge on any atom is -0.484 e. The third-order valence-corrected chi connectivity index (χ3v) is 3.07. The van der Waals surface area contributed by atoms with Crippen LogP contribution in [0.2, 0.25) is 5.02 Å². The predicted octanol–water partition coefficient (Wildman–Crippen LogP) is 3.97. The largest absolute Gasteiger partial charge is 0.484 e. The summed E-state index contributed by atoms with van der Waals surface area (Å²) in [7, 11) is 0. The highest BCUT2D eigenvalue weighted by Gasteiger charge is 2.07. The molecule has 4 heteroatoms. The Labute approximate surface area is 123 Å². The number of rotatable bonds is 4. The zero-order valence-electron chi connectivity index (χ0n) is 11.4. The lowest BCUT2D eigenvalue weighted by atomic mass is 10.2. The van der Waals surface area contributed by atoms with Gasteiger partial charge in [-0.2, -0.15) is 0 Å². The molecule has 3 nitrogen and oxygen atoms in total. The lowest BCUT2D eigenvalue weighted by molar-refractivity contribution is -0.118. The first-order valence-electron chi connectivity index (χ1n) is 6.30. The van der Waals surface area contributed by atoms with E-state index in [9.17, 15) is 4.79 Å². The molecule has 0 saturated carbocycles. The van der Waals surface area contributed by atoms with Crippen LogP contribution in [0.1, 0.15) is 11.1 Å². The molecule has 0 aromatic heterocycles. The van der Waals surface area contributed by atoms with E-state index in [1.807, 2.05) is 44.2 Å². The fourth-order valence-corrected chi connectivity index (χ4v) is 2.04. The van der Waals surface area contributed by atoms with Crippen LogP contribution in [0.25, 0.3) is 0 Å². The molecule has 0 unspecified atom stereocenters. The molecule has 1 N–H and O–H groups in total. The third-order valence-electron chi connectivity index (χ3n) is 2.76.